The van der Waals surface area contributed by atoms with Crippen molar-refractivity contribution >= 4 is 0 Å². The van der Waals surface area contributed by atoms with E-state index in [0.29, 0.717) is 12.1 Å². The van der Waals surface area contributed by atoms with Crippen LogP contribution in [0.3, 0.4) is 0 Å². The molecule has 1 saturated heterocycles. The van der Waals surface area contributed by atoms with Crippen molar-refractivity contribution in [1.82, 2.24) is 10.4 Å². The molecule has 3 aliphatic rings. The number of terminal acetylenes is 1. The molecule has 0 bridgehead atoms. The van der Waals surface area contributed by atoms with Gasteiger partial charge in [0.2, 0.25) is 0 Å². The van der Waals surface area contributed by atoms with Gasteiger partial charge >= 0.3 is 0 Å². The molecule has 0 aromatic carbocycles. The molecule has 1 aliphatic heterocycles. The van der Waals surface area contributed by atoms with Crippen LogP contribution in [-0.4, -0.2) is 23.6 Å². The Balaban J connectivity index is 1.63. The molecule has 2 nitrogen and oxygen atoms in total. The first-order valence-corrected chi connectivity index (χ1v) is 8.85. The van der Waals surface area contributed by atoms with E-state index in [1.165, 1.54) is 70.6 Å². The Morgan fingerprint density at radius 1 is 0.900 bits per heavy atom. The van der Waals surface area contributed by atoms with Crippen LogP contribution in [-0.2, 0) is 0 Å². The van der Waals surface area contributed by atoms with Gasteiger partial charge in [0.15, 0.2) is 0 Å². The van der Waals surface area contributed by atoms with Crippen LogP contribution >= 0.6 is 0 Å². The monoisotopic (exact) mass is 274 g/mol. The summed E-state index contributed by atoms with van der Waals surface area (Å²) in [6.45, 7) is 0.782. The molecule has 0 aromatic heterocycles. The molecule has 2 atom stereocenters. The number of hydrazine groups is 1. The van der Waals surface area contributed by atoms with Gasteiger partial charge in [0.25, 0.3) is 0 Å². The van der Waals surface area contributed by atoms with Gasteiger partial charge in [0.05, 0.1) is 6.54 Å². The third kappa shape index (κ3) is 3.21. The quantitative estimate of drug-likeness (QED) is 0.789. The van der Waals surface area contributed by atoms with Crippen molar-refractivity contribution in [2.75, 3.05) is 6.54 Å². The van der Waals surface area contributed by atoms with Crippen molar-refractivity contribution in [1.29, 1.82) is 0 Å². The first-order chi connectivity index (χ1) is 9.88. The predicted octanol–water partition coefficient (Wildman–Crippen LogP) is 3.73. The largest absolute Gasteiger partial charge is 0.251 e. The van der Waals surface area contributed by atoms with Crippen LogP contribution in [0.2, 0.25) is 0 Å². The summed E-state index contributed by atoms with van der Waals surface area (Å²) in [6.07, 6.45) is 21.3. The second kappa shape index (κ2) is 6.96. The van der Waals surface area contributed by atoms with Gasteiger partial charge in [-0.25, -0.2) is 5.01 Å². The second-order valence-corrected chi connectivity index (χ2v) is 7.17. The first kappa shape index (κ1) is 14.4. The van der Waals surface area contributed by atoms with Gasteiger partial charge < -0.3 is 0 Å². The van der Waals surface area contributed by atoms with Crippen molar-refractivity contribution in [2.45, 2.75) is 82.7 Å². The molecule has 2 aliphatic carbocycles. The van der Waals surface area contributed by atoms with E-state index in [2.05, 4.69) is 16.4 Å². The molecule has 1 N–H and O–H groups in total. The zero-order valence-electron chi connectivity index (χ0n) is 12.8. The average molecular weight is 274 g/mol. The van der Waals surface area contributed by atoms with Crippen LogP contribution in [0.15, 0.2) is 0 Å². The summed E-state index contributed by atoms with van der Waals surface area (Å²) in [5.74, 6) is 4.65. The van der Waals surface area contributed by atoms with Gasteiger partial charge in [-0.15, -0.1) is 6.42 Å². The Hall–Kier alpha value is -0.520. The molecule has 1 heterocycles. The van der Waals surface area contributed by atoms with Crippen LogP contribution in [0.5, 0.6) is 0 Å². The average Bonchev–Trinajstić information content (AvgIpc) is 2.94. The summed E-state index contributed by atoms with van der Waals surface area (Å²) in [6, 6.07) is 1.41. The lowest BCUT2D eigenvalue weighted by molar-refractivity contribution is 0.126. The van der Waals surface area contributed by atoms with E-state index in [0.717, 1.165) is 18.4 Å². The lowest BCUT2D eigenvalue weighted by atomic mass is 9.78. The van der Waals surface area contributed by atoms with Crippen LogP contribution in [0.25, 0.3) is 0 Å². The van der Waals surface area contributed by atoms with Crippen molar-refractivity contribution in [2.24, 2.45) is 11.8 Å². The Morgan fingerprint density at radius 3 is 2.10 bits per heavy atom. The standard InChI is InChI=1S/C18H30N2/c1-2-13-20-18(16-11-7-4-8-12-16)14-17(19-20)15-9-5-3-6-10-15/h1,15-19H,3-14H2. The molecule has 20 heavy (non-hydrogen) atoms. The third-order valence-electron chi connectivity index (χ3n) is 5.90. The minimum Gasteiger partial charge on any atom is -0.251 e. The first-order valence-electron chi connectivity index (χ1n) is 8.85. The Bertz CT molecular complexity index is 334. The van der Waals surface area contributed by atoms with E-state index in [1.54, 1.807) is 0 Å². The molecule has 3 fully saturated rings. The van der Waals surface area contributed by atoms with Gasteiger partial charge in [-0.3, -0.25) is 5.43 Å². The molecule has 0 aromatic rings. The maximum atomic E-state index is 5.59. The van der Waals surface area contributed by atoms with E-state index in [-0.39, 0.29) is 0 Å². The van der Waals surface area contributed by atoms with Crippen LogP contribution in [0.4, 0.5) is 0 Å². The maximum Gasteiger partial charge on any atom is 0.0743 e. The molecule has 112 valence electrons. The molecule has 2 heteroatoms. The number of hydrogen-bond donors (Lipinski definition) is 1. The maximum absolute atomic E-state index is 5.59. The summed E-state index contributed by atoms with van der Waals surface area (Å²) in [5, 5.41) is 2.43. The highest BCUT2D eigenvalue weighted by molar-refractivity contribution is 4.98. The molecule has 2 unspecified atom stereocenters. The van der Waals surface area contributed by atoms with Crippen molar-refractivity contribution < 1.29 is 0 Å². The minimum atomic E-state index is 0.704. The fourth-order valence-corrected chi connectivity index (χ4v) is 4.81. The highest BCUT2D eigenvalue weighted by Crippen LogP contribution is 2.37. The zero-order valence-corrected chi connectivity index (χ0v) is 12.8. The van der Waals surface area contributed by atoms with Gasteiger partial charge in [-0.05, 0) is 43.9 Å². The Labute approximate surface area is 124 Å². The second-order valence-electron chi connectivity index (χ2n) is 7.17. The Morgan fingerprint density at radius 2 is 1.50 bits per heavy atom. The summed E-state index contributed by atoms with van der Waals surface area (Å²) in [7, 11) is 0. The van der Waals surface area contributed by atoms with Crippen LogP contribution in [0, 0.1) is 24.2 Å². The van der Waals surface area contributed by atoms with Crippen molar-refractivity contribution in [3.05, 3.63) is 0 Å². The molecule has 0 radical (unpaired) electrons. The van der Waals surface area contributed by atoms with Gasteiger partial charge in [0.1, 0.15) is 0 Å². The molecule has 3 rings (SSSR count). The zero-order chi connectivity index (χ0) is 13.8. The molecule has 0 spiro atoms. The predicted molar refractivity (Wildman–Crippen MR) is 84.0 cm³/mol. The van der Waals surface area contributed by atoms with E-state index < -0.39 is 0 Å². The van der Waals surface area contributed by atoms with Crippen molar-refractivity contribution in [3.8, 4) is 12.3 Å². The normalized spacial score (nSPS) is 34.1. The number of nitrogens with one attached hydrogen (secondary N) is 1. The number of hydrogen-bond acceptors (Lipinski definition) is 2. The summed E-state index contributed by atoms with van der Waals surface area (Å²) >= 11 is 0. The van der Waals surface area contributed by atoms with Gasteiger partial charge in [-0.1, -0.05) is 44.4 Å². The van der Waals surface area contributed by atoms with E-state index >= 15 is 0 Å². The van der Waals surface area contributed by atoms with E-state index in [9.17, 15) is 0 Å². The lowest BCUT2D eigenvalue weighted by Gasteiger charge is -2.32. The smallest absolute Gasteiger partial charge is 0.0743 e. The topological polar surface area (TPSA) is 15.3 Å². The highest BCUT2D eigenvalue weighted by atomic mass is 15.6. The summed E-state index contributed by atoms with van der Waals surface area (Å²) < 4.78 is 0. The highest BCUT2D eigenvalue weighted by Gasteiger charge is 2.39. The van der Waals surface area contributed by atoms with Crippen molar-refractivity contribution in [3.63, 3.8) is 0 Å². The summed E-state index contributed by atoms with van der Waals surface area (Å²) in [5.41, 5.74) is 3.80. The van der Waals surface area contributed by atoms with Crippen LogP contribution in [0.1, 0.15) is 70.6 Å². The van der Waals surface area contributed by atoms with E-state index in [4.69, 9.17) is 6.42 Å². The van der Waals surface area contributed by atoms with Gasteiger partial charge in [-0.2, -0.15) is 0 Å². The number of nitrogens with zero attached hydrogens (tertiary/aromatic N) is 1. The molecular formula is C18H30N2. The van der Waals surface area contributed by atoms with Gasteiger partial charge in [0, 0.05) is 12.1 Å². The molecule has 2 saturated carbocycles. The fraction of sp³-hybridized carbons (Fsp3) is 0.889. The van der Waals surface area contributed by atoms with E-state index in [1.807, 2.05) is 0 Å². The Kier molecular flexibility index (Phi) is 5.02. The SMILES string of the molecule is C#CCN1NC(C2CCCCC2)CC1C1CCCCC1. The summed E-state index contributed by atoms with van der Waals surface area (Å²) in [4.78, 5) is 0. The molecule has 0 amide bonds. The number of rotatable bonds is 3. The fourth-order valence-electron chi connectivity index (χ4n) is 4.81. The molecular weight excluding hydrogens is 244 g/mol. The minimum absolute atomic E-state index is 0.704. The lowest BCUT2D eigenvalue weighted by Crippen LogP contribution is -2.44. The third-order valence-corrected chi connectivity index (χ3v) is 5.90. The van der Waals surface area contributed by atoms with Crippen LogP contribution < -0.4 is 5.43 Å².